The van der Waals surface area contributed by atoms with Crippen LogP contribution < -0.4 is 5.32 Å². The fourth-order valence-corrected chi connectivity index (χ4v) is 1.99. The largest absolute Gasteiger partial charge is 0.347 e. The van der Waals surface area contributed by atoms with E-state index >= 15 is 0 Å². The van der Waals surface area contributed by atoms with Crippen LogP contribution in [0.15, 0.2) is 36.0 Å². The zero-order valence-electron chi connectivity index (χ0n) is 8.93. The smallest absolute Gasteiger partial charge is 0.261 e. The molecular weight excluding hydrogens is 220 g/mol. The molecule has 1 N–H and O–H groups in total. The van der Waals surface area contributed by atoms with Crippen molar-refractivity contribution >= 4 is 17.2 Å². The van der Waals surface area contributed by atoms with Crippen LogP contribution in [0.25, 0.3) is 0 Å². The van der Waals surface area contributed by atoms with Gasteiger partial charge in [-0.15, -0.1) is 11.3 Å². The summed E-state index contributed by atoms with van der Waals surface area (Å²) in [5.41, 5.74) is 2.19. The van der Waals surface area contributed by atoms with Crippen LogP contribution in [0.2, 0.25) is 0 Å². The maximum absolute atomic E-state index is 11.7. The number of aromatic nitrogens is 1. The second-order valence-corrected chi connectivity index (χ2v) is 4.41. The highest BCUT2D eigenvalue weighted by Crippen LogP contribution is 2.09. The normalized spacial score (nSPS) is 10.1. The third-order valence-corrected chi connectivity index (χ3v) is 3.20. The molecule has 0 aliphatic rings. The Kier molecular flexibility index (Phi) is 3.31. The Labute approximate surface area is 98.2 Å². The number of aryl methyl sites for hydroxylation is 1. The summed E-state index contributed by atoms with van der Waals surface area (Å²) in [5, 5.41) is 4.77. The van der Waals surface area contributed by atoms with Gasteiger partial charge in [0.1, 0.15) is 0 Å². The van der Waals surface area contributed by atoms with Gasteiger partial charge in [0.25, 0.3) is 5.91 Å². The number of hydrogen-bond acceptors (Lipinski definition) is 3. The number of carbonyl (C=O) groups excluding carboxylic acids is 1. The van der Waals surface area contributed by atoms with Crippen LogP contribution in [0.5, 0.6) is 0 Å². The Morgan fingerprint density at radius 3 is 3.06 bits per heavy atom. The summed E-state index contributed by atoms with van der Waals surface area (Å²) in [6.07, 6.45) is 3.53. The van der Waals surface area contributed by atoms with Gasteiger partial charge in [-0.1, -0.05) is 6.07 Å². The maximum atomic E-state index is 11.7. The maximum Gasteiger partial charge on any atom is 0.261 e. The first kappa shape index (κ1) is 10.8. The lowest BCUT2D eigenvalue weighted by molar-refractivity contribution is 0.0955. The van der Waals surface area contributed by atoms with Gasteiger partial charge in [-0.25, -0.2) is 0 Å². The van der Waals surface area contributed by atoms with Crippen molar-refractivity contribution in [1.29, 1.82) is 0 Å². The average molecular weight is 232 g/mol. The van der Waals surface area contributed by atoms with Crippen LogP contribution in [0.4, 0.5) is 0 Å². The summed E-state index contributed by atoms with van der Waals surface area (Å²) in [6, 6.07) is 5.62. The number of rotatable bonds is 3. The molecule has 82 valence electrons. The molecule has 0 aromatic carbocycles. The molecule has 0 atom stereocenters. The summed E-state index contributed by atoms with van der Waals surface area (Å²) >= 11 is 1.44. The van der Waals surface area contributed by atoms with Gasteiger partial charge in [-0.05, 0) is 35.6 Å². The predicted octanol–water partition coefficient (Wildman–Crippen LogP) is 2.38. The van der Waals surface area contributed by atoms with Gasteiger partial charge in [0.05, 0.1) is 4.88 Å². The van der Waals surface area contributed by atoms with E-state index in [0.29, 0.717) is 6.54 Å². The van der Waals surface area contributed by atoms with Crippen molar-refractivity contribution in [2.45, 2.75) is 13.5 Å². The fraction of sp³-hybridized carbons (Fsp3) is 0.167. The van der Waals surface area contributed by atoms with E-state index in [9.17, 15) is 4.79 Å². The molecule has 0 aliphatic heterocycles. The predicted molar refractivity (Wildman–Crippen MR) is 64.5 cm³/mol. The molecule has 4 heteroatoms. The molecule has 1 amide bonds. The number of amides is 1. The molecule has 0 unspecified atom stereocenters. The van der Waals surface area contributed by atoms with Crippen LogP contribution in [0.3, 0.4) is 0 Å². The number of nitrogens with one attached hydrogen (secondary N) is 1. The minimum atomic E-state index is -0.0294. The summed E-state index contributed by atoms with van der Waals surface area (Å²) < 4.78 is 0. The Balaban J connectivity index is 1.98. The van der Waals surface area contributed by atoms with Gasteiger partial charge in [-0.2, -0.15) is 0 Å². The summed E-state index contributed by atoms with van der Waals surface area (Å²) in [7, 11) is 0. The highest BCUT2D eigenvalue weighted by Gasteiger charge is 2.06. The molecule has 0 saturated carbocycles. The van der Waals surface area contributed by atoms with Crippen LogP contribution in [0.1, 0.15) is 20.8 Å². The van der Waals surface area contributed by atoms with E-state index in [0.717, 1.165) is 16.0 Å². The van der Waals surface area contributed by atoms with Crippen LogP contribution in [0, 0.1) is 6.92 Å². The molecule has 0 radical (unpaired) electrons. The monoisotopic (exact) mass is 232 g/mol. The van der Waals surface area contributed by atoms with E-state index in [1.165, 1.54) is 11.3 Å². The third-order valence-electron chi connectivity index (χ3n) is 2.33. The number of pyridine rings is 1. The molecule has 2 aromatic heterocycles. The minimum Gasteiger partial charge on any atom is -0.347 e. The Morgan fingerprint density at radius 2 is 2.38 bits per heavy atom. The lowest BCUT2D eigenvalue weighted by Crippen LogP contribution is -2.22. The Morgan fingerprint density at radius 1 is 1.50 bits per heavy atom. The third kappa shape index (κ3) is 2.46. The number of nitrogens with zero attached hydrogens (tertiary/aromatic N) is 1. The van der Waals surface area contributed by atoms with Crippen molar-refractivity contribution in [3.05, 3.63) is 52.0 Å². The molecule has 2 rings (SSSR count). The fourth-order valence-electron chi connectivity index (χ4n) is 1.35. The molecule has 0 bridgehead atoms. The molecule has 3 nitrogen and oxygen atoms in total. The van der Waals surface area contributed by atoms with Gasteiger partial charge in [0.15, 0.2) is 0 Å². The van der Waals surface area contributed by atoms with E-state index in [-0.39, 0.29) is 5.91 Å². The van der Waals surface area contributed by atoms with Crippen molar-refractivity contribution in [2.24, 2.45) is 0 Å². The van der Waals surface area contributed by atoms with Crippen molar-refractivity contribution in [3.63, 3.8) is 0 Å². The van der Waals surface area contributed by atoms with Crippen molar-refractivity contribution in [3.8, 4) is 0 Å². The second kappa shape index (κ2) is 4.90. The second-order valence-electron chi connectivity index (χ2n) is 3.46. The molecule has 0 saturated heterocycles. The van der Waals surface area contributed by atoms with Crippen molar-refractivity contribution in [1.82, 2.24) is 10.3 Å². The Bertz CT molecular complexity index is 480. The SMILES string of the molecule is Cc1ccncc1CNC(=O)c1cccs1. The van der Waals surface area contributed by atoms with Gasteiger partial charge in [0.2, 0.25) is 0 Å². The van der Waals surface area contributed by atoms with Crippen LogP contribution in [-0.4, -0.2) is 10.9 Å². The van der Waals surface area contributed by atoms with E-state index in [4.69, 9.17) is 0 Å². The van der Waals surface area contributed by atoms with E-state index in [1.807, 2.05) is 30.5 Å². The van der Waals surface area contributed by atoms with Gasteiger partial charge in [-0.3, -0.25) is 9.78 Å². The standard InChI is InChI=1S/C12H12N2OS/c1-9-4-5-13-7-10(9)8-14-12(15)11-3-2-6-16-11/h2-7H,8H2,1H3,(H,14,15). The number of hydrogen-bond donors (Lipinski definition) is 1. The lowest BCUT2D eigenvalue weighted by Gasteiger charge is -2.05. The van der Waals surface area contributed by atoms with Crippen LogP contribution >= 0.6 is 11.3 Å². The Hall–Kier alpha value is -1.68. The first-order valence-corrected chi connectivity index (χ1v) is 5.86. The van der Waals surface area contributed by atoms with E-state index < -0.39 is 0 Å². The molecule has 0 aliphatic carbocycles. The van der Waals surface area contributed by atoms with E-state index in [1.54, 1.807) is 12.4 Å². The quantitative estimate of drug-likeness (QED) is 0.882. The lowest BCUT2D eigenvalue weighted by atomic mass is 10.1. The molecule has 0 spiro atoms. The minimum absolute atomic E-state index is 0.0294. The van der Waals surface area contributed by atoms with Crippen molar-refractivity contribution < 1.29 is 4.79 Å². The highest BCUT2D eigenvalue weighted by molar-refractivity contribution is 7.12. The highest BCUT2D eigenvalue weighted by atomic mass is 32.1. The summed E-state index contributed by atoms with van der Waals surface area (Å²) in [5.74, 6) is -0.0294. The number of thiophene rings is 1. The molecular formula is C12H12N2OS. The van der Waals surface area contributed by atoms with Crippen LogP contribution in [-0.2, 0) is 6.54 Å². The number of carbonyl (C=O) groups is 1. The van der Waals surface area contributed by atoms with E-state index in [2.05, 4.69) is 10.3 Å². The topological polar surface area (TPSA) is 42.0 Å². The summed E-state index contributed by atoms with van der Waals surface area (Å²) in [6.45, 7) is 2.53. The molecule has 0 fully saturated rings. The van der Waals surface area contributed by atoms with Gasteiger partial charge < -0.3 is 5.32 Å². The van der Waals surface area contributed by atoms with Crippen molar-refractivity contribution in [2.75, 3.05) is 0 Å². The van der Waals surface area contributed by atoms with Gasteiger partial charge in [0, 0.05) is 18.9 Å². The molecule has 2 heterocycles. The summed E-state index contributed by atoms with van der Waals surface area (Å²) in [4.78, 5) is 16.4. The molecule has 16 heavy (non-hydrogen) atoms. The molecule has 2 aromatic rings. The first-order chi connectivity index (χ1) is 7.77. The first-order valence-electron chi connectivity index (χ1n) is 4.98. The zero-order valence-corrected chi connectivity index (χ0v) is 9.75. The zero-order chi connectivity index (χ0) is 11.4. The van der Waals surface area contributed by atoms with Gasteiger partial charge >= 0.3 is 0 Å². The average Bonchev–Trinajstić information content (AvgIpc) is 2.81.